The standard InChI is InChI=1S/C15H20ClNO4/c1-9(13(18)19)7-10-5-6-11(16)12(8-10)17-14(20)21-15(2,3)4/h5-6,8-9H,7H2,1-4H3,(H,17,20)(H,18,19). The molecule has 21 heavy (non-hydrogen) atoms. The maximum atomic E-state index is 11.7. The van der Waals surface area contributed by atoms with Gasteiger partial charge >= 0.3 is 12.1 Å². The Morgan fingerprint density at radius 1 is 1.38 bits per heavy atom. The summed E-state index contributed by atoms with van der Waals surface area (Å²) in [7, 11) is 0. The second kappa shape index (κ2) is 6.80. The first-order valence-corrected chi connectivity index (χ1v) is 6.97. The number of halogens is 1. The summed E-state index contributed by atoms with van der Waals surface area (Å²) in [6.07, 6.45) is -0.247. The molecule has 0 fully saturated rings. The second-order valence-corrected chi connectivity index (χ2v) is 6.29. The third kappa shape index (κ3) is 6.04. The molecule has 1 aromatic rings. The minimum atomic E-state index is -0.869. The number of hydrogen-bond acceptors (Lipinski definition) is 3. The lowest BCUT2D eigenvalue weighted by Gasteiger charge is -2.20. The maximum Gasteiger partial charge on any atom is 0.412 e. The number of carbonyl (C=O) groups excluding carboxylic acids is 1. The van der Waals surface area contributed by atoms with E-state index >= 15 is 0 Å². The third-order valence-corrected chi connectivity index (χ3v) is 2.96. The molecule has 0 aromatic heterocycles. The average molecular weight is 314 g/mol. The molecule has 0 bridgehead atoms. The summed E-state index contributed by atoms with van der Waals surface area (Å²) in [5.74, 6) is -1.38. The number of carboxylic acid groups (broad SMARTS) is 1. The summed E-state index contributed by atoms with van der Waals surface area (Å²) in [5, 5.41) is 11.9. The average Bonchev–Trinajstić information content (AvgIpc) is 2.30. The fraction of sp³-hybridized carbons (Fsp3) is 0.467. The lowest BCUT2D eigenvalue weighted by molar-refractivity contribution is -0.141. The predicted molar refractivity (Wildman–Crippen MR) is 81.8 cm³/mol. The molecule has 116 valence electrons. The van der Waals surface area contributed by atoms with Gasteiger partial charge in [-0.3, -0.25) is 10.1 Å². The van der Waals surface area contributed by atoms with Crippen molar-refractivity contribution in [1.82, 2.24) is 0 Å². The van der Waals surface area contributed by atoms with E-state index in [2.05, 4.69) is 5.32 Å². The second-order valence-electron chi connectivity index (χ2n) is 5.88. The van der Waals surface area contributed by atoms with Crippen molar-refractivity contribution in [3.8, 4) is 0 Å². The molecular weight excluding hydrogens is 294 g/mol. The van der Waals surface area contributed by atoms with Crippen LogP contribution in [-0.4, -0.2) is 22.8 Å². The van der Waals surface area contributed by atoms with Crippen molar-refractivity contribution in [3.63, 3.8) is 0 Å². The monoisotopic (exact) mass is 313 g/mol. The predicted octanol–water partition coefficient (Wildman–Crippen LogP) is 3.95. The molecule has 5 nitrogen and oxygen atoms in total. The lowest BCUT2D eigenvalue weighted by atomic mass is 10.0. The van der Waals surface area contributed by atoms with Crippen LogP contribution >= 0.6 is 11.6 Å². The molecule has 0 radical (unpaired) electrons. The zero-order valence-corrected chi connectivity index (χ0v) is 13.3. The molecule has 1 aromatic carbocycles. The van der Waals surface area contributed by atoms with Gasteiger partial charge in [0, 0.05) is 0 Å². The quantitative estimate of drug-likeness (QED) is 0.882. The van der Waals surface area contributed by atoms with Gasteiger partial charge in [0.05, 0.1) is 16.6 Å². The van der Waals surface area contributed by atoms with E-state index in [0.717, 1.165) is 5.56 Å². The van der Waals surface area contributed by atoms with Gasteiger partial charge in [0.2, 0.25) is 0 Å². The Morgan fingerprint density at radius 2 is 2.00 bits per heavy atom. The van der Waals surface area contributed by atoms with Gasteiger partial charge in [0.1, 0.15) is 5.60 Å². The van der Waals surface area contributed by atoms with E-state index in [0.29, 0.717) is 17.1 Å². The molecule has 0 aliphatic rings. The van der Waals surface area contributed by atoms with E-state index < -0.39 is 23.6 Å². The molecule has 0 aliphatic carbocycles. The molecule has 1 rings (SSSR count). The smallest absolute Gasteiger partial charge is 0.412 e. The van der Waals surface area contributed by atoms with Crippen LogP contribution < -0.4 is 5.32 Å². The summed E-state index contributed by atoms with van der Waals surface area (Å²) in [6, 6.07) is 5.02. The summed E-state index contributed by atoms with van der Waals surface area (Å²) < 4.78 is 5.15. The molecule has 1 unspecified atom stereocenters. The number of hydrogen-bond donors (Lipinski definition) is 2. The Hall–Kier alpha value is -1.75. The third-order valence-electron chi connectivity index (χ3n) is 2.63. The molecule has 0 saturated heterocycles. The lowest BCUT2D eigenvalue weighted by Crippen LogP contribution is -2.27. The highest BCUT2D eigenvalue weighted by Gasteiger charge is 2.18. The minimum Gasteiger partial charge on any atom is -0.481 e. The van der Waals surface area contributed by atoms with E-state index in [1.54, 1.807) is 45.9 Å². The Morgan fingerprint density at radius 3 is 2.52 bits per heavy atom. The number of ether oxygens (including phenoxy) is 1. The first-order valence-electron chi connectivity index (χ1n) is 6.59. The SMILES string of the molecule is CC(Cc1ccc(Cl)c(NC(=O)OC(C)(C)C)c1)C(=O)O. The number of aliphatic carboxylic acids is 1. The summed E-state index contributed by atoms with van der Waals surface area (Å²) in [5.41, 5.74) is 0.577. The van der Waals surface area contributed by atoms with Crippen LogP contribution in [-0.2, 0) is 16.0 Å². The summed E-state index contributed by atoms with van der Waals surface area (Å²) >= 11 is 6.02. The topological polar surface area (TPSA) is 75.6 Å². The Bertz CT molecular complexity index is 537. The van der Waals surface area contributed by atoms with E-state index in [4.69, 9.17) is 21.4 Å². The van der Waals surface area contributed by atoms with Crippen molar-refractivity contribution in [2.45, 2.75) is 39.7 Å². The highest BCUT2D eigenvalue weighted by Crippen LogP contribution is 2.25. The fourth-order valence-electron chi connectivity index (χ4n) is 1.65. The first kappa shape index (κ1) is 17.3. The molecule has 2 N–H and O–H groups in total. The van der Waals surface area contributed by atoms with Crippen molar-refractivity contribution in [1.29, 1.82) is 0 Å². The Labute approximate surface area is 129 Å². The van der Waals surface area contributed by atoms with Crippen molar-refractivity contribution >= 4 is 29.4 Å². The largest absolute Gasteiger partial charge is 0.481 e. The van der Waals surface area contributed by atoms with Gasteiger partial charge in [-0.05, 0) is 44.9 Å². The van der Waals surface area contributed by atoms with Crippen molar-refractivity contribution in [3.05, 3.63) is 28.8 Å². The zero-order valence-electron chi connectivity index (χ0n) is 12.6. The van der Waals surface area contributed by atoms with Gasteiger partial charge in [-0.15, -0.1) is 0 Å². The number of carbonyl (C=O) groups is 2. The van der Waals surface area contributed by atoms with Crippen molar-refractivity contribution in [2.24, 2.45) is 5.92 Å². The molecular formula is C15H20ClNO4. The summed E-state index contributed by atoms with van der Waals surface area (Å²) in [6.45, 7) is 6.91. The first-order chi connectivity index (χ1) is 9.58. The molecule has 0 heterocycles. The fourth-order valence-corrected chi connectivity index (χ4v) is 1.81. The van der Waals surface area contributed by atoms with Crippen LogP contribution in [0.2, 0.25) is 5.02 Å². The van der Waals surface area contributed by atoms with Crippen LogP contribution in [0.3, 0.4) is 0 Å². The number of carboxylic acids is 1. The van der Waals surface area contributed by atoms with Gasteiger partial charge in [-0.1, -0.05) is 24.6 Å². The van der Waals surface area contributed by atoms with Gasteiger partial charge in [0.15, 0.2) is 0 Å². The number of nitrogens with one attached hydrogen (secondary N) is 1. The molecule has 0 spiro atoms. The maximum absolute atomic E-state index is 11.7. The number of benzene rings is 1. The summed E-state index contributed by atoms with van der Waals surface area (Å²) in [4.78, 5) is 22.6. The van der Waals surface area contributed by atoms with Crippen LogP contribution in [0.4, 0.5) is 10.5 Å². The Kier molecular flexibility index (Phi) is 5.61. The van der Waals surface area contributed by atoms with Crippen LogP contribution in [0.1, 0.15) is 33.3 Å². The van der Waals surface area contributed by atoms with Crippen LogP contribution in [0, 0.1) is 5.92 Å². The van der Waals surface area contributed by atoms with E-state index in [1.165, 1.54) is 0 Å². The highest BCUT2D eigenvalue weighted by molar-refractivity contribution is 6.33. The molecule has 0 aliphatic heterocycles. The number of amides is 1. The van der Waals surface area contributed by atoms with E-state index in [9.17, 15) is 9.59 Å². The van der Waals surface area contributed by atoms with Crippen molar-refractivity contribution in [2.75, 3.05) is 5.32 Å². The normalized spacial score (nSPS) is 12.6. The molecule has 1 atom stereocenters. The molecule has 1 amide bonds. The minimum absolute atomic E-state index is 0.357. The van der Waals surface area contributed by atoms with Crippen LogP contribution in [0.5, 0.6) is 0 Å². The number of anilines is 1. The van der Waals surface area contributed by atoms with E-state index in [1.807, 2.05) is 0 Å². The van der Waals surface area contributed by atoms with Gasteiger partial charge in [-0.2, -0.15) is 0 Å². The zero-order chi connectivity index (χ0) is 16.2. The number of rotatable bonds is 4. The molecule has 6 heteroatoms. The van der Waals surface area contributed by atoms with Crippen LogP contribution in [0.25, 0.3) is 0 Å². The molecule has 0 saturated carbocycles. The van der Waals surface area contributed by atoms with E-state index in [-0.39, 0.29) is 0 Å². The highest BCUT2D eigenvalue weighted by atomic mass is 35.5. The van der Waals surface area contributed by atoms with Crippen molar-refractivity contribution < 1.29 is 19.4 Å². The van der Waals surface area contributed by atoms with Gasteiger partial charge in [0.25, 0.3) is 0 Å². The van der Waals surface area contributed by atoms with Gasteiger partial charge < -0.3 is 9.84 Å². The Balaban J connectivity index is 2.83. The van der Waals surface area contributed by atoms with Gasteiger partial charge in [-0.25, -0.2) is 4.79 Å². The van der Waals surface area contributed by atoms with Crippen LogP contribution in [0.15, 0.2) is 18.2 Å².